The number of benzene rings is 3. The molecular formula is C47H56N4O9S3. The molecule has 1 atom stereocenters. The number of carbonyl (C=O) groups excluding carboxylic acids is 2. The van der Waals surface area contributed by atoms with Crippen molar-refractivity contribution < 1.29 is 47.6 Å². The zero-order chi connectivity index (χ0) is 45.4. The Kier molecular flexibility index (Phi) is 16.0. The number of hydrogen-bond donors (Lipinski definition) is 3. The number of anilines is 1. The average Bonchev–Trinajstić information content (AvgIpc) is 3.82. The van der Waals surface area contributed by atoms with Crippen molar-refractivity contribution in [3.63, 3.8) is 0 Å². The molecule has 1 amide bonds. The van der Waals surface area contributed by atoms with Crippen LogP contribution >= 0.6 is 24.1 Å². The van der Waals surface area contributed by atoms with Crippen LogP contribution in [0.2, 0.25) is 0 Å². The highest BCUT2D eigenvalue weighted by Crippen LogP contribution is 2.49. The van der Waals surface area contributed by atoms with Gasteiger partial charge in [0.15, 0.2) is 11.5 Å². The molecule has 0 aliphatic carbocycles. The molecule has 3 aromatic carbocycles. The number of Topliss-reactive ketones (excluding diaryl/α,β-unsaturated/α-hetero) is 1. The summed E-state index contributed by atoms with van der Waals surface area (Å²) in [6.07, 6.45) is 18.0. The second-order valence-corrected chi connectivity index (χ2v) is 21.4. The molecule has 3 heterocycles. The molecule has 0 saturated carbocycles. The highest BCUT2D eigenvalue weighted by atomic mass is 32.2. The molecule has 0 bridgehead atoms. The van der Waals surface area contributed by atoms with Crippen LogP contribution in [-0.2, 0) is 55.1 Å². The number of rotatable bonds is 21. The molecule has 4 aromatic rings. The topological polar surface area (TPSA) is 165 Å². The van der Waals surface area contributed by atoms with Crippen molar-refractivity contribution in [1.82, 2.24) is 10.3 Å². The van der Waals surface area contributed by atoms with E-state index in [0.29, 0.717) is 13.0 Å². The van der Waals surface area contributed by atoms with E-state index in [1.54, 1.807) is 0 Å². The predicted octanol–water partition coefficient (Wildman–Crippen LogP) is 8.22. The van der Waals surface area contributed by atoms with Crippen LogP contribution in [0.1, 0.15) is 77.0 Å². The smallest absolute Gasteiger partial charge is 0.220 e. The monoisotopic (exact) mass is 916 g/mol. The number of para-hydroxylation sites is 1. The summed E-state index contributed by atoms with van der Waals surface area (Å²) in [7, 11) is -2.47. The van der Waals surface area contributed by atoms with Gasteiger partial charge in [0, 0.05) is 105 Å². The Morgan fingerprint density at radius 3 is 2.41 bits per heavy atom. The van der Waals surface area contributed by atoms with Gasteiger partial charge < -0.3 is 20.5 Å². The molecule has 3 N–H and O–H groups in total. The SMILES string of the molecule is CCN1/C(=C/C=C/C=C/C2=[N+](CCCCCC(=O)N[C@@H](Cc3c[nH]c4ccccc34)C(=O)C=S(C)(C)=O)c3ccc(SOO[O-])cc3C2(C)C)C(C)(C)c2cc(SOOO)ccc21. The van der Waals surface area contributed by atoms with Gasteiger partial charge in [-0.15, -0.1) is 4.33 Å². The van der Waals surface area contributed by atoms with Crippen molar-refractivity contribution >= 4 is 78.7 Å². The van der Waals surface area contributed by atoms with Gasteiger partial charge >= 0.3 is 0 Å². The third-order valence-electron chi connectivity index (χ3n) is 11.6. The Balaban J connectivity index is 1.15. The zero-order valence-corrected chi connectivity index (χ0v) is 39.1. The van der Waals surface area contributed by atoms with E-state index in [2.05, 4.69) is 110 Å². The van der Waals surface area contributed by atoms with E-state index in [1.165, 1.54) is 17.9 Å². The van der Waals surface area contributed by atoms with Crippen molar-refractivity contribution in [3.05, 3.63) is 120 Å². The predicted molar refractivity (Wildman–Crippen MR) is 250 cm³/mol. The number of carbonyl (C=O) groups is 2. The number of ketones is 1. The largest absolute Gasteiger partial charge is 0.691 e. The van der Waals surface area contributed by atoms with Crippen LogP contribution in [0.4, 0.5) is 11.4 Å². The first-order valence-electron chi connectivity index (χ1n) is 20.8. The second-order valence-electron chi connectivity index (χ2n) is 17.0. The lowest BCUT2D eigenvalue weighted by Crippen LogP contribution is -2.43. The van der Waals surface area contributed by atoms with E-state index < -0.39 is 21.0 Å². The van der Waals surface area contributed by atoms with Gasteiger partial charge in [-0.25, -0.2) is 5.26 Å². The molecule has 0 fully saturated rings. The molecule has 336 valence electrons. The summed E-state index contributed by atoms with van der Waals surface area (Å²) in [5.41, 5.74) is 7.79. The van der Waals surface area contributed by atoms with E-state index in [-0.39, 0.29) is 29.9 Å². The number of fused-ring (bicyclic) bond motifs is 3. The van der Waals surface area contributed by atoms with Crippen LogP contribution in [-0.4, -0.2) is 73.4 Å². The lowest BCUT2D eigenvalue weighted by atomic mass is 9.81. The number of aromatic nitrogens is 1. The normalized spacial score (nSPS) is 16.7. The minimum absolute atomic E-state index is 0.224. The number of likely N-dealkylation sites (N-methyl/N-ethyl adjacent to an activating group) is 1. The van der Waals surface area contributed by atoms with Gasteiger partial charge in [0.2, 0.25) is 11.6 Å². The number of allylic oxidation sites excluding steroid dienone is 6. The molecular weight excluding hydrogens is 861 g/mol. The van der Waals surface area contributed by atoms with Crippen LogP contribution in [0, 0.1) is 0 Å². The maximum absolute atomic E-state index is 13.3. The molecule has 16 heteroatoms. The standard InChI is InChI=1S/C47H56N4O9S3/c1-8-50-40-24-22-33(61-59-57-54)28-36(40)46(2,3)43(50)19-11-9-12-20-44-47(4,5)37-29-34(62-60-58-55)23-25-41(37)51(44)26-16-10-13-21-45(53)49-39(42(52)31-63(6,7)56)27-32-30-48-38-18-15-14-17-35(32)38/h9,11-12,14-15,17-20,22-25,28-31,39,48H,8,10,13,16,21,26-27H2,1-7H3,(H2-,49,53,54,55)/t39-/m0/s1. The Bertz CT molecular complexity index is 2560. The number of hydrogen-bond acceptors (Lipinski definition) is 12. The number of aromatic amines is 1. The van der Waals surface area contributed by atoms with Crippen LogP contribution in [0.5, 0.6) is 0 Å². The molecule has 13 nitrogen and oxygen atoms in total. The lowest BCUT2D eigenvalue weighted by Gasteiger charge is -2.25. The Hall–Kier alpha value is -4.49. The van der Waals surface area contributed by atoms with Crippen LogP contribution in [0.15, 0.2) is 113 Å². The van der Waals surface area contributed by atoms with E-state index >= 15 is 0 Å². The average molecular weight is 917 g/mol. The van der Waals surface area contributed by atoms with Gasteiger partial charge in [0.25, 0.3) is 0 Å². The molecule has 2 aliphatic rings. The van der Waals surface area contributed by atoms with Crippen LogP contribution in [0.25, 0.3) is 10.9 Å². The summed E-state index contributed by atoms with van der Waals surface area (Å²) in [4.78, 5) is 33.7. The molecule has 0 radical (unpaired) electrons. The second kappa shape index (κ2) is 21.0. The first-order valence-corrected chi connectivity index (χ1v) is 24.7. The van der Waals surface area contributed by atoms with Crippen molar-refractivity contribution in [2.45, 2.75) is 93.4 Å². The minimum Gasteiger partial charge on any atom is -0.691 e. The fourth-order valence-electron chi connectivity index (χ4n) is 8.56. The Morgan fingerprint density at radius 1 is 0.952 bits per heavy atom. The first kappa shape index (κ1) is 48.0. The summed E-state index contributed by atoms with van der Waals surface area (Å²) in [6, 6.07) is 19.0. The summed E-state index contributed by atoms with van der Waals surface area (Å²) in [5, 5.41) is 31.8. The zero-order valence-electron chi connectivity index (χ0n) is 36.7. The number of nitrogens with zero attached hydrogens (tertiary/aromatic N) is 2. The molecule has 63 heavy (non-hydrogen) atoms. The van der Waals surface area contributed by atoms with E-state index in [9.17, 15) is 19.1 Å². The number of H-pyrrole nitrogens is 1. The Labute approximate surface area is 378 Å². The Morgan fingerprint density at radius 2 is 1.68 bits per heavy atom. The molecule has 1 aromatic heterocycles. The van der Waals surface area contributed by atoms with Crippen LogP contribution in [0.3, 0.4) is 0 Å². The fourth-order valence-corrected chi connectivity index (χ4v) is 10.1. The van der Waals surface area contributed by atoms with Gasteiger partial charge in [-0.05, 0) is 96.7 Å². The van der Waals surface area contributed by atoms with E-state index in [0.717, 1.165) is 104 Å². The molecule has 0 saturated heterocycles. The summed E-state index contributed by atoms with van der Waals surface area (Å²) in [6.45, 7) is 12.3. The van der Waals surface area contributed by atoms with Crippen molar-refractivity contribution in [1.29, 1.82) is 0 Å². The highest BCUT2D eigenvalue weighted by Gasteiger charge is 2.44. The molecule has 0 unspecified atom stereocenters. The maximum atomic E-state index is 13.3. The van der Waals surface area contributed by atoms with Gasteiger partial charge in [0.1, 0.15) is 6.54 Å². The number of amides is 1. The van der Waals surface area contributed by atoms with E-state index in [4.69, 9.17) is 5.26 Å². The third-order valence-corrected chi connectivity index (χ3v) is 13.5. The van der Waals surface area contributed by atoms with Gasteiger partial charge in [0.05, 0.1) is 35.5 Å². The van der Waals surface area contributed by atoms with Crippen molar-refractivity contribution in [3.8, 4) is 0 Å². The summed E-state index contributed by atoms with van der Waals surface area (Å²) in [5.74, 6) is -0.584. The van der Waals surface area contributed by atoms with Gasteiger partial charge in [-0.2, -0.15) is 8.91 Å². The van der Waals surface area contributed by atoms with Crippen molar-refractivity contribution in [2.24, 2.45) is 0 Å². The highest BCUT2D eigenvalue weighted by molar-refractivity contribution is 8.01. The quantitative estimate of drug-likeness (QED) is 0.0140. The van der Waals surface area contributed by atoms with E-state index in [1.807, 2.05) is 60.8 Å². The fraction of sp³-hybridized carbons (Fsp3) is 0.362. The number of unbranched alkanes of at least 4 members (excludes halogenated alkanes) is 2. The minimum atomic E-state index is -2.47. The van der Waals surface area contributed by atoms with Crippen molar-refractivity contribution in [2.75, 3.05) is 30.5 Å². The maximum Gasteiger partial charge on any atom is 0.220 e. The van der Waals surface area contributed by atoms with Gasteiger partial charge in [-0.1, -0.05) is 55.3 Å². The molecule has 6 rings (SSSR count). The van der Waals surface area contributed by atoms with Crippen LogP contribution < -0.4 is 15.5 Å². The third kappa shape index (κ3) is 11.4. The lowest BCUT2D eigenvalue weighted by molar-refractivity contribution is -0.777. The number of nitrogens with one attached hydrogen (secondary N) is 2. The van der Waals surface area contributed by atoms with Gasteiger partial charge in [-0.3, -0.25) is 18.8 Å². The molecule has 0 spiro atoms. The summed E-state index contributed by atoms with van der Waals surface area (Å²) >= 11 is 1.81. The molecule has 2 aliphatic heterocycles. The first-order chi connectivity index (χ1) is 30.1. The summed E-state index contributed by atoms with van der Waals surface area (Å²) < 4.78 is 24.2.